The van der Waals surface area contributed by atoms with Gasteiger partial charge >= 0.3 is 0 Å². The van der Waals surface area contributed by atoms with E-state index in [0.717, 1.165) is 6.08 Å². The zero-order valence-corrected chi connectivity index (χ0v) is 8.38. The maximum Gasteiger partial charge on any atom is 0.255 e. The summed E-state index contributed by atoms with van der Waals surface area (Å²) in [5.74, 6) is -1.32. The fraction of sp³-hybridized carbons (Fsp3) is 0.0909. The van der Waals surface area contributed by atoms with E-state index in [9.17, 15) is 14.7 Å². The number of ether oxygens (including phenoxy) is 1. The summed E-state index contributed by atoms with van der Waals surface area (Å²) in [6.07, 6.45) is 2.33. The Hall–Kier alpha value is -2.30. The molecule has 1 aromatic carbocycles. The van der Waals surface area contributed by atoms with Crippen LogP contribution in [-0.4, -0.2) is 18.5 Å². The number of primary amides is 1. The van der Waals surface area contributed by atoms with Crippen LogP contribution in [0.4, 0.5) is 0 Å². The van der Waals surface area contributed by atoms with Crippen LogP contribution in [0, 0.1) is 0 Å². The maximum atomic E-state index is 10.4. The Morgan fingerprint density at radius 1 is 1.31 bits per heavy atom. The van der Waals surface area contributed by atoms with Gasteiger partial charge in [-0.3, -0.25) is 4.79 Å². The van der Waals surface area contributed by atoms with E-state index in [1.54, 1.807) is 24.3 Å². The number of hydrogen-bond donors (Lipinski definition) is 1. The number of carboxylic acids is 1. The summed E-state index contributed by atoms with van der Waals surface area (Å²) in [6, 6.07) is 6.52. The summed E-state index contributed by atoms with van der Waals surface area (Å²) in [5.41, 5.74) is 5.59. The van der Waals surface area contributed by atoms with Crippen LogP contribution in [0.25, 0.3) is 6.08 Å². The van der Waals surface area contributed by atoms with Gasteiger partial charge in [0.2, 0.25) is 0 Å². The van der Waals surface area contributed by atoms with E-state index in [2.05, 4.69) is 0 Å². The molecule has 1 amide bonds. The SMILES string of the molecule is NC(=O)COc1ccc(/C=C/C(=O)[O-])cc1. The highest BCUT2D eigenvalue weighted by molar-refractivity contribution is 5.83. The summed E-state index contributed by atoms with van der Waals surface area (Å²) in [4.78, 5) is 20.6. The minimum Gasteiger partial charge on any atom is -0.545 e. The van der Waals surface area contributed by atoms with Crippen LogP contribution < -0.4 is 15.6 Å². The molecular formula is C11H10NO4-. The molecule has 0 bridgehead atoms. The second-order valence-corrected chi connectivity index (χ2v) is 2.98. The van der Waals surface area contributed by atoms with Crippen molar-refractivity contribution < 1.29 is 19.4 Å². The largest absolute Gasteiger partial charge is 0.545 e. The standard InChI is InChI=1S/C11H11NO4/c12-10(13)7-16-9-4-1-8(2-5-9)3-6-11(14)15/h1-6H,7H2,(H2,12,13)(H,14,15)/p-1/b6-3+. The van der Waals surface area contributed by atoms with Crippen LogP contribution in [-0.2, 0) is 9.59 Å². The number of amides is 1. The summed E-state index contributed by atoms with van der Waals surface area (Å²) in [5, 5.41) is 10.1. The lowest BCUT2D eigenvalue weighted by atomic mass is 10.2. The molecule has 0 aliphatic rings. The second-order valence-electron chi connectivity index (χ2n) is 2.98. The third kappa shape index (κ3) is 4.28. The lowest BCUT2D eigenvalue weighted by Crippen LogP contribution is -2.19. The molecule has 1 rings (SSSR count). The lowest BCUT2D eigenvalue weighted by molar-refractivity contribution is -0.297. The van der Waals surface area contributed by atoms with Gasteiger partial charge in [0, 0.05) is 0 Å². The predicted molar refractivity (Wildman–Crippen MR) is 55.2 cm³/mol. The molecule has 0 unspecified atom stereocenters. The van der Waals surface area contributed by atoms with Crippen LogP contribution in [0.5, 0.6) is 5.75 Å². The molecular weight excluding hydrogens is 210 g/mol. The zero-order valence-electron chi connectivity index (χ0n) is 8.38. The van der Waals surface area contributed by atoms with Crippen molar-refractivity contribution in [1.82, 2.24) is 0 Å². The third-order valence-corrected chi connectivity index (χ3v) is 1.67. The molecule has 0 radical (unpaired) electrons. The number of nitrogens with two attached hydrogens (primary N) is 1. The van der Waals surface area contributed by atoms with E-state index >= 15 is 0 Å². The van der Waals surface area contributed by atoms with Crippen molar-refractivity contribution in [2.45, 2.75) is 0 Å². The Labute approximate surface area is 92.1 Å². The van der Waals surface area contributed by atoms with Gasteiger partial charge < -0.3 is 20.4 Å². The topological polar surface area (TPSA) is 92.5 Å². The van der Waals surface area contributed by atoms with Crippen LogP contribution in [0.15, 0.2) is 30.3 Å². The number of carboxylic acid groups (broad SMARTS) is 1. The van der Waals surface area contributed by atoms with Crippen molar-refractivity contribution in [3.63, 3.8) is 0 Å². The number of carbonyl (C=O) groups excluding carboxylic acids is 2. The molecule has 0 spiro atoms. The quantitative estimate of drug-likeness (QED) is 0.665. The van der Waals surface area contributed by atoms with Crippen molar-refractivity contribution >= 4 is 18.0 Å². The van der Waals surface area contributed by atoms with Crippen molar-refractivity contribution in [2.24, 2.45) is 5.73 Å². The molecule has 0 aromatic heterocycles. The smallest absolute Gasteiger partial charge is 0.255 e. The first-order valence-corrected chi connectivity index (χ1v) is 4.48. The Balaban J connectivity index is 2.60. The van der Waals surface area contributed by atoms with Crippen LogP contribution >= 0.6 is 0 Å². The highest BCUT2D eigenvalue weighted by Gasteiger charge is 1.96. The first kappa shape index (κ1) is 11.8. The molecule has 1 aromatic rings. The molecule has 0 saturated carbocycles. The second kappa shape index (κ2) is 5.55. The third-order valence-electron chi connectivity index (χ3n) is 1.67. The number of rotatable bonds is 5. The monoisotopic (exact) mass is 220 g/mol. The molecule has 84 valence electrons. The minimum atomic E-state index is -1.26. The molecule has 0 aliphatic carbocycles. The molecule has 0 fully saturated rings. The molecule has 0 heterocycles. The molecule has 0 atom stereocenters. The first-order valence-electron chi connectivity index (χ1n) is 4.48. The van der Waals surface area contributed by atoms with E-state index in [1.165, 1.54) is 6.08 Å². The van der Waals surface area contributed by atoms with Gasteiger partial charge in [0.05, 0.1) is 5.97 Å². The highest BCUT2D eigenvalue weighted by Crippen LogP contribution is 2.12. The van der Waals surface area contributed by atoms with Gasteiger partial charge in [0.15, 0.2) is 6.61 Å². The summed E-state index contributed by atoms with van der Waals surface area (Å²) in [6.45, 7) is -0.186. The lowest BCUT2D eigenvalue weighted by Gasteiger charge is -2.03. The number of benzene rings is 1. The summed E-state index contributed by atoms with van der Waals surface area (Å²) in [7, 11) is 0. The van der Waals surface area contributed by atoms with E-state index in [0.29, 0.717) is 11.3 Å². The molecule has 0 saturated heterocycles. The van der Waals surface area contributed by atoms with Crippen molar-refractivity contribution in [2.75, 3.05) is 6.61 Å². The van der Waals surface area contributed by atoms with E-state index < -0.39 is 11.9 Å². The molecule has 16 heavy (non-hydrogen) atoms. The van der Waals surface area contributed by atoms with E-state index in [1.807, 2.05) is 0 Å². The van der Waals surface area contributed by atoms with Crippen LogP contribution in [0.2, 0.25) is 0 Å². The summed E-state index contributed by atoms with van der Waals surface area (Å²) < 4.78 is 5.02. The van der Waals surface area contributed by atoms with Crippen molar-refractivity contribution in [3.05, 3.63) is 35.9 Å². The normalized spacial score (nSPS) is 10.2. The predicted octanol–water partition coefficient (Wildman–Crippen LogP) is -0.686. The first-order chi connectivity index (χ1) is 7.58. The van der Waals surface area contributed by atoms with Crippen molar-refractivity contribution in [3.8, 4) is 5.75 Å². The van der Waals surface area contributed by atoms with E-state index in [-0.39, 0.29) is 6.61 Å². The Morgan fingerprint density at radius 3 is 2.44 bits per heavy atom. The van der Waals surface area contributed by atoms with Gasteiger partial charge in [0.25, 0.3) is 5.91 Å². The average molecular weight is 220 g/mol. The zero-order chi connectivity index (χ0) is 12.0. The fourth-order valence-electron chi connectivity index (χ4n) is 0.994. The van der Waals surface area contributed by atoms with E-state index in [4.69, 9.17) is 10.5 Å². The fourth-order valence-corrected chi connectivity index (χ4v) is 0.994. The van der Waals surface area contributed by atoms with Crippen LogP contribution in [0.3, 0.4) is 0 Å². The van der Waals surface area contributed by atoms with Crippen LogP contribution in [0.1, 0.15) is 5.56 Å². The molecule has 2 N–H and O–H groups in total. The highest BCUT2D eigenvalue weighted by atomic mass is 16.5. The number of aliphatic carboxylic acids is 1. The van der Waals surface area contributed by atoms with Gasteiger partial charge in [-0.1, -0.05) is 18.2 Å². The van der Waals surface area contributed by atoms with Gasteiger partial charge in [-0.2, -0.15) is 0 Å². The van der Waals surface area contributed by atoms with Gasteiger partial charge in [-0.05, 0) is 23.8 Å². The molecule has 5 heteroatoms. The Morgan fingerprint density at radius 2 is 1.94 bits per heavy atom. The Bertz CT molecular complexity index is 408. The summed E-state index contributed by atoms with van der Waals surface area (Å²) >= 11 is 0. The van der Waals surface area contributed by atoms with Gasteiger partial charge in [-0.25, -0.2) is 0 Å². The van der Waals surface area contributed by atoms with Crippen molar-refractivity contribution in [1.29, 1.82) is 0 Å². The average Bonchev–Trinajstić information content (AvgIpc) is 2.25. The number of carbonyl (C=O) groups is 2. The van der Waals surface area contributed by atoms with Gasteiger partial charge in [0.1, 0.15) is 5.75 Å². The molecule has 0 aliphatic heterocycles. The van der Waals surface area contributed by atoms with Gasteiger partial charge in [-0.15, -0.1) is 0 Å². The Kier molecular flexibility index (Phi) is 4.08. The minimum absolute atomic E-state index is 0.186. The number of hydrogen-bond acceptors (Lipinski definition) is 4. The maximum absolute atomic E-state index is 10.4. The molecule has 5 nitrogen and oxygen atoms in total.